The maximum atomic E-state index is 4.58. The Hall–Kier alpha value is -1.32. The molecule has 1 N–H and O–H groups in total. The van der Waals surface area contributed by atoms with E-state index in [4.69, 9.17) is 0 Å². The van der Waals surface area contributed by atoms with Gasteiger partial charge in [0.1, 0.15) is 18.0 Å². The molecule has 2 fully saturated rings. The molecule has 2 aliphatic carbocycles. The summed E-state index contributed by atoms with van der Waals surface area (Å²) in [7, 11) is 4.15. The second-order valence-electron chi connectivity index (χ2n) is 6.84. The third-order valence-corrected chi connectivity index (χ3v) is 5.41. The summed E-state index contributed by atoms with van der Waals surface area (Å²) in [6.45, 7) is 3.37. The Morgan fingerprint density at radius 1 is 1.29 bits per heavy atom. The number of nitrogens with zero attached hydrogens (tertiary/aromatic N) is 3. The molecule has 0 spiro atoms. The third kappa shape index (κ3) is 2.85. The largest absolute Gasteiger partial charge is 0.373 e. The van der Waals surface area contributed by atoms with Crippen molar-refractivity contribution in [3.63, 3.8) is 0 Å². The van der Waals surface area contributed by atoms with E-state index in [-0.39, 0.29) is 0 Å². The highest BCUT2D eigenvalue weighted by Gasteiger charge is 2.39. The van der Waals surface area contributed by atoms with Gasteiger partial charge < -0.3 is 10.2 Å². The van der Waals surface area contributed by atoms with Gasteiger partial charge in [0.15, 0.2) is 0 Å². The van der Waals surface area contributed by atoms with E-state index in [9.17, 15) is 0 Å². The summed E-state index contributed by atoms with van der Waals surface area (Å²) in [6.07, 6.45) is 9.69. The van der Waals surface area contributed by atoms with Gasteiger partial charge in [-0.15, -0.1) is 0 Å². The van der Waals surface area contributed by atoms with Gasteiger partial charge in [-0.05, 0) is 43.4 Å². The topological polar surface area (TPSA) is 41.1 Å². The molecule has 21 heavy (non-hydrogen) atoms. The molecular formula is C17H28N4. The molecule has 0 saturated heterocycles. The first-order valence-corrected chi connectivity index (χ1v) is 8.45. The second-order valence-corrected chi connectivity index (χ2v) is 6.84. The first kappa shape index (κ1) is 14.6. The number of hydrogen-bond acceptors (Lipinski definition) is 4. The minimum atomic E-state index is 0.872. The van der Waals surface area contributed by atoms with Crippen molar-refractivity contribution in [2.75, 3.05) is 30.9 Å². The molecule has 1 aromatic rings. The summed E-state index contributed by atoms with van der Waals surface area (Å²) in [5.41, 5.74) is 1.27. The molecule has 116 valence electrons. The van der Waals surface area contributed by atoms with E-state index in [0.29, 0.717) is 0 Å². The molecule has 0 amide bonds. The summed E-state index contributed by atoms with van der Waals surface area (Å²) in [5, 5.41) is 3.22. The molecule has 2 aliphatic rings. The van der Waals surface area contributed by atoms with Crippen molar-refractivity contribution >= 4 is 11.6 Å². The highest BCUT2D eigenvalue weighted by Crippen LogP contribution is 2.48. The number of rotatable bonds is 6. The van der Waals surface area contributed by atoms with Crippen LogP contribution in [0, 0.1) is 17.8 Å². The van der Waals surface area contributed by atoms with E-state index in [0.717, 1.165) is 48.8 Å². The Labute approximate surface area is 128 Å². The van der Waals surface area contributed by atoms with E-state index in [1.807, 2.05) is 7.05 Å². The van der Waals surface area contributed by atoms with Crippen molar-refractivity contribution in [3.05, 3.63) is 11.9 Å². The van der Waals surface area contributed by atoms with Crippen LogP contribution in [-0.2, 0) is 6.42 Å². The highest BCUT2D eigenvalue weighted by atomic mass is 15.2. The van der Waals surface area contributed by atoms with Crippen molar-refractivity contribution < 1.29 is 0 Å². The Morgan fingerprint density at radius 3 is 2.76 bits per heavy atom. The smallest absolute Gasteiger partial charge is 0.137 e. The highest BCUT2D eigenvalue weighted by molar-refractivity contribution is 5.58. The molecular weight excluding hydrogens is 260 g/mol. The minimum Gasteiger partial charge on any atom is -0.373 e. The summed E-state index contributed by atoms with van der Waals surface area (Å²) < 4.78 is 0. The number of nitrogens with one attached hydrogen (secondary N) is 1. The molecule has 2 saturated carbocycles. The number of hydrogen-bond donors (Lipinski definition) is 1. The third-order valence-electron chi connectivity index (χ3n) is 5.41. The van der Waals surface area contributed by atoms with Crippen LogP contribution in [0.1, 0.15) is 44.6 Å². The zero-order valence-electron chi connectivity index (χ0n) is 13.6. The van der Waals surface area contributed by atoms with E-state index in [2.05, 4.69) is 34.2 Å². The second kappa shape index (κ2) is 6.20. The van der Waals surface area contributed by atoms with Crippen molar-refractivity contribution in [3.8, 4) is 0 Å². The van der Waals surface area contributed by atoms with Gasteiger partial charge in [-0.3, -0.25) is 0 Å². The molecule has 3 rings (SSSR count). The fourth-order valence-electron chi connectivity index (χ4n) is 4.47. The lowest BCUT2D eigenvalue weighted by molar-refractivity contribution is 0.337. The number of aromatic nitrogens is 2. The van der Waals surface area contributed by atoms with Gasteiger partial charge in [-0.2, -0.15) is 0 Å². The molecule has 0 aliphatic heterocycles. The molecule has 2 bridgehead atoms. The normalized spacial score (nSPS) is 27.1. The maximum absolute atomic E-state index is 4.58. The van der Waals surface area contributed by atoms with Crippen LogP contribution < -0.4 is 10.2 Å². The zero-order chi connectivity index (χ0) is 14.8. The number of anilines is 2. The van der Waals surface area contributed by atoms with Crippen LogP contribution in [-0.4, -0.2) is 30.6 Å². The summed E-state index contributed by atoms with van der Waals surface area (Å²) in [5.74, 6) is 4.97. The summed E-state index contributed by atoms with van der Waals surface area (Å²) in [6, 6.07) is 0. The van der Waals surface area contributed by atoms with Gasteiger partial charge in [0.2, 0.25) is 0 Å². The number of fused-ring (bicyclic) bond motifs is 2. The van der Waals surface area contributed by atoms with E-state index in [1.54, 1.807) is 6.33 Å². The molecule has 3 atom stereocenters. The zero-order valence-corrected chi connectivity index (χ0v) is 13.6. The molecule has 0 radical (unpaired) electrons. The molecule has 1 aromatic heterocycles. The standard InChI is InChI=1S/C17H28N4/c1-4-5-15-16(18-2)19-11-20-17(15)21(3)10-14-9-12-6-7-13(14)8-12/h11-14H,4-10H2,1-3H3,(H,18,19,20). The van der Waals surface area contributed by atoms with Crippen LogP contribution in [0.15, 0.2) is 6.33 Å². The molecule has 4 nitrogen and oxygen atoms in total. The lowest BCUT2D eigenvalue weighted by Gasteiger charge is -2.29. The monoisotopic (exact) mass is 288 g/mol. The maximum Gasteiger partial charge on any atom is 0.137 e. The van der Waals surface area contributed by atoms with Crippen molar-refractivity contribution in [1.29, 1.82) is 0 Å². The first-order chi connectivity index (χ1) is 10.2. The summed E-state index contributed by atoms with van der Waals surface area (Å²) in [4.78, 5) is 11.3. The minimum absolute atomic E-state index is 0.872. The van der Waals surface area contributed by atoms with Crippen molar-refractivity contribution in [1.82, 2.24) is 9.97 Å². The van der Waals surface area contributed by atoms with Gasteiger partial charge in [0, 0.05) is 26.2 Å². The fraction of sp³-hybridized carbons (Fsp3) is 0.765. The van der Waals surface area contributed by atoms with E-state index < -0.39 is 0 Å². The molecule has 1 heterocycles. The predicted octanol–water partition coefficient (Wildman–Crippen LogP) is 3.34. The van der Waals surface area contributed by atoms with Crippen LogP contribution in [0.3, 0.4) is 0 Å². The van der Waals surface area contributed by atoms with Gasteiger partial charge >= 0.3 is 0 Å². The molecule has 3 unspecified atom stereocenters. The quantitative estimate of drug-likeness (QED) is 0.871. The van der Waals surface area contributed by atoms with E-state index in [1.165, 1.54) is 31.2 Å². The summed E-state index contributed by atoms with van der Waals surface area (Å²) >= 11 is 0. The van der Waals surface area contributed by atoms with Gasteiger partial charge in [-0.1, -0.05) is 19.8 Å². The average Bonchev–Trinajstić information content (AvgIpc) is 3.10. The Bertz CT molecular complexity index is 488. The average molecular weight is 288 g/mol. The van der Waals surface area contributed by atoms with Crippen molar-refractivity contribution in [2.24, 2.45) is 17.8 Å². The Balaban J connectivity index is 1.76. The molecule has 4 heteroatoms. The Morgan fingerprint density at radius 2 is 2.14 bits per heavy atom. The fourth-order valence-corrected chi connectivity index (χ4v) is 4.47. The van der Waals surface area contributed by atoms with Gasteiger partial charge in [-0.25, -0.2) is 9.97 Å². The molecule has 0 aromatic carbocycles. The van der Waals surface area contributed by atoms with Crippen molar-refractivity contribution in [2.45, 2.75) is 45.4 Å². The van der Waals surface area contributed by atoms with Crippen LogP contribution in [0.5, 0.6) is 0 Å². The van der Waals surface area contributed by atoms with Crippen LogP contribution in [0.4, 0.5) is 11.6 Å². The van der Waals surface area contributed by atoms with Crippen LogP contribution in [0.2, 0.25) is 0 Å². The van der Waals surface area contributed by atoms with Crippen LogP contribution >= 0.6 is 0 Å². The van der Waals surface area contributed by atoms with Gasteiger partial charge in [0.05, 0.1) is 0 Å². The lowest BCUT2D eigenvalue weighted by Crippen LogP contribution is -2.30. The lowest BCUT2D eigenvalue weighted by atomic mass is 9.88. The van der Waals surface area contributed by atoms with Gasteiger partial charge in [0.25, 0.3) is 0 Å². The van der Waals surface area contributed by atoms with E-state index >= 15 is 0 Å². The SMILES string of the molecule is CCCc1c(NC)ncnc1N(C)CC1CC2CCC1C2. The Kier molecular flexibility index (Phi) is 4.32. The predicted molar refractivity (Wildman–Crippen MR) is 87.8 cm³/mol. The first-order valence-electron chi connectivity index (χ1n) is 8.45. The van der Waals surface area contributed by atoms with Crippen LogP contribution in [0.25, 0.3) is 0 Å².